The van der Waals surface area contributed by atoms with Gasteiger partial charge in [0.05, 0.1) is 0 Å². The van der Waals surface area contributed by atoms with Crippen LogP contribution in [0.3, 0.4) is 0 Å². The van der Waals surface area contributed by atoms with Crippen molar-refractivity contribution in [2.75, 3.05) is 11.9 Å². The van der Waals surface area contributed by atoms with Gasteiger partial charge in [0.25, 0.3) is 0 Å². The Labute approximate surface area is 165 Å². The molecular formula is C22H27FN2O3. The van der Waals surface area contributed by atoms with E-state index < -0.39 is 5.41 Å². The lowest BCUT2D eigenvalue weighted by molar-refractivity contribution is -0.128. The maximum atomic E-state index is 12.9. The highest BCUT2D eigenvalue weighted by Crippen LogP contribution is 2.19. The first-order chi connectivity index (χ1) is 13.2. The molecule has 2 aromatic rings. The molecule has 0 radical (unpaired) electrons. The van der Waals surface area contributed by atoms with Crippen molar-refractivity contribution in [2.45, 2.75) is 40.2 Å². The van der Waals surface area contributed by atoms with E-state index in [1.807, 2.05) is 20.8 Å². The van der Waals surface area contributed by atoms with E-state index >= 15 is 0 Å². The minimum atomic E-state index is -0.434. The van der Waals surface area contributed by atoms with Crippen molar-refractivity contribution in [2.24, 2.45) is 5.41 Å². The first kappa shape index (κ1) is 21.4. The summed E-state index contributed by atoms with van der Waals surface area (Å²) in [5.74, 6) is 0.172. The first-order valence-electron chi connectivity index (χ1n) is 9.29. The van der Waals surface area contributed by atoms with Gasteiger partial charge < -0.3 is 15.4 Å². The summed E-state index contributed by atoms with van der Waals surface area (Å²) in [6.07, 6.45) is 0.875. The zero-order chi connectivity index (χ0) is 20.6. The minimum absolute atomic E-state index is 0.0288. The van der Waals surface area contributed by atoms with Crippen molar-refractivity contribution in [3.63, 3.8) is 0 Å². The van der Waals surface area contributed by atoms with Gasteiger partial charge in [-0.05, 0) is 36.2 Å². The van der Waals surface area contributed by atoms with Crippen molar-refractivity contribution in [3.05, 3.63) is 59.9 Å². The number of ether oxygens (including phenoxy) is 1. The van der Waals surface area contributed by atoms with Gasteiger partial charge in [0.2, 0.25) is 11.8 Å². The number of hydrogen-bond donors (Lipinski definition) is 2. The van der Waals surface area contributed by atoms with E-state index in [-0.39, 0.29) is 17.6 Å². The second-order valence-corrected chi connectivity index (χ2v) is 7.60. The lowest BCUT2D eigenvalue weighted by Gasteiger charge is -2.17. The fourth-order valence-corrected chi connectivity index (χ4v) is 2.35. The van der Waals surface area contributed by atoms with Gasteiger partial charge >= 0.3 is 0 Å². The van der Waals surface area contributed by atoms with Crippen LogP contribution in [0.5, 0.6) is 5.75 Å². The Morgan fingerprint density at radius 1 is 1.07 bits per heavy atom. The average molecular weight is 386 g/mol. The highest BCUT2D eigenvalue weighted by atomic mass is 19.1. The summed E-state index contributed by atoms with van der Waals surface area (Å²) < 4.78 is 18.6. The summed E-state index contributed by atoms with van der Waals surface area (Å²) in [6, 6.07) is 13.2. The van der Waals surface area contributed by atoms with Crippen molar-refractivity contribution in [1.82, 2.24) is 5.32 Å². The van der Waals surface area contributed by atoms with Crippen LogP contribution >= 0.6 is 0 Å². The SMILES string of the molecule is CC(C)(C)C(=O)NCCCC(=O)Nc1cccc(OCc2ccc(F)cc2)c1. The molecule has 28 heavy (non-hydrogen) atoms. The number of carbonyl (C=O) groups excluding carboxylic acids is 2. The summed E-state index contributed by atoms with van der Waals surface area (Å²) in [5.41, 5.74) is 1.06. The molecule has 2 rings (SSSR count). The first-order valence-corrected chi connectivity index (χ1v) is 9.29. The van der Waals surface area contributed by atoms with Gasteiger partial charge in [-0.25, -0.2) is 4.39 Å². The Balaban J connectivity index is 1.76. The Bertz CT molecular complexity index is 798. The second kappa shape index (κ2) is 9.88. The van der Waals surface area contributed by atoms with Gasteiger partial charge in [-0.1, -0.05) is 39.0 Å². The lowest BCUT2D eigenvalue weighted by Crippen LogP contribution is -2.35. The molecule has 0 fully saturated rings. The molecule has 5 nitrogen and oxygen atoms in total. The summed E-state index contributed by atoms with van der Waals surface area (Å²) in [4.78, 5) is 23.9. The van der Waals surface area contributed by atoms with Crippen LogP contribution < -0.4 is 15.4 Å². The van der Waals surface area contributed by atoms with E-state index in [4.69, 9.17) is 4.74 Å². The largest absolute Gasteiger partial charge is 0.489 e. The number of carbonyl (C=O) groups is 2. The van der Waals surface area contributed by atoms with Crippen LogP contribution in [0.4, 0.5) is 10.1 Å². The van der Waals surface area contributed by atoms with Crippen LogP contribution in [0.1, 0.15) is 39.2 Å². The van der Waals surface area contributed by atoms with E-state index in [2.05, 4.69) is 10.6 Å². The van der Waals surface area contributed by atoms with Gasteiger partial charge in [0.15, 0.2) is 0 Å². The van der Waals surface area contributed by atoms with Crippen molar-refractivity contribution in [3.8, 4) is 5.75 Å². The maximum absolute atomic E-state index is 12.9. The molecule has 0 spiro atoms. The molecule has 2 aromatic carbocycles. The van der Waals surface area contributed by atoms with E-state index in [1.165, 1.54) is 12.1 Å². The molecule has 2 amide bonds. The van der Waals surface area contributed by atoms with Crippen molar-refractivity contribution in [1.29, 1.82) is 0 Å². The normalized spacial score (nSPS) is 11.0. The molecule has 0 aromatic heterocycles. The quantitative estimate of drug-likeness (QED) is 0.665. The average Bonchev–Trinajstić information content (AvgIpc) is 2.64. The summed E-state index contributed by atoms with van der Waals surface area (Å²) in [7, 11) is 0. The summed E-state index contributed by atoms with van der Waals surface area (Å²) in [6.45, 7) is 6.32. The molecule has 2 N–H and O–H groups in total. The fraction of sp³-hybridized carbons (Fsp3) is 0.364. The highest BCUT2D eigenvalue weighted by molar-refractivity contribution is 5.90. The number of hydrogen-bond acceptors (Lipinski definition) is 3. The van der Waals surface area contributed by atoms with Crippen LogP contribution in [0.2, 0.25) is 0 Å². The third kappa shape index (κ3) is 7.39. The van der Waals surface area contributed by atoms with Gasteiger partial charge in [-0.3, -0.25) is 9.59 Å². The number of amides is 2. The van der Waals surface area contributed by atoms with Crippen molar-refractivity contribution < 1.29 is 18.7 Å². The predicted molar refractivity (Wildman–Crippen MR) is 108 cm³/mol. The van der Waals surface area contributed by atoms with E-state index in [9.17, 15) is 14.0 Å². The van der Waals surface area contributed by atoms with E-state index in [0.717, 1.165) is 5.56 Å². The van der Waals surface area contributed by atoms with E-state index in [0.29, 0.717) is 37.4 Å². The van der Waals surface area contributed by atoms with Gasteiger partial charge in [-0.15, -0.1) is 0 Å². The summed E-state index contributed by atoms with van der Waals surface area (Å²) >= 11 is 0. The van der Waals surface area contributed by atoms with Crippen LogP contribution in [0.25, 0.3) is 0 Å². The third-order valence-electron chi connectivity index (χ3n) is 3.98. The topological polar surface area (TPSA) is 67.4 Å². The molecule has 0 saturated heterocycles. The second-order valence-electron chi connectivity index (χ2n) is 7.60. The lowest BCUT2D eigenvalue weighted by atomic mass is 9.96. The Morgan fingerprint density at radius 3 is 2.46 bits per heavy atom. The fourth-order valence-electron chi connectivity index (χ4n) is 2.35. The standard InChI is InChI=1S/C22H27FN2O3/c1-22(2,3)21(27)24-13-5-8-20(26)25-18-6-4-7-19(14-18)28-15-16-9-11-17(23)12-10-16/h4,6-7,9-12,14H,5,8,13,15H2,1-3H3,(H,24,27)(H,25,26). The third-order valence-corrected chi connectivity index (χ3v) is 3.98. The maximum Gasteiger partial charge on any atom is 0.225 e. The Hall–Kier alpha value is -2.89. The van der Waals surface area contributed by atoms with Crippen LogP contribution in [0, 0.1) is 11.2 Å². The molecule has 0 aliphatic carbocycles. The number of halogens is 1. The smallest absolute Gasteiger partial charge is 0.225 e. The zero-order valence-electron chi connectivity index (χ0n) is 16.5. The zero-order valence-corrected chi connectivity index (χ0v) is 16.5. The van der Waals surface area contributed by atoms with Gasteiger partial charge in [0, 0.05) is 30.1 Å². The van der Waals surface area contributed by atoms with Crippen molar-refractivity contribution >= 4 is 17.5 Å². The van der Waals surface area contributed by atoms with Crippen LogP contribution in [-0.2, 0) is 16.2 Å². The van der Waals surface area contributed by atoms with Crippen LogP contribution in [-0.4, -0.2) is 18.4 Å². The van der Waals surface area contributed by atoms with Gasteiger partial charge in [0.1, 0.15) is 18.2 Å². The minimum Gasteiger partial charge on any atom is -0.489 e. The molecule has 0 bridgehead atoms. The number of anilines is 1. The molecule has 0 unspecified atom stereocenters. The summed E-state index contributed by atoms with van der Waals surface area (Å²) in [5, 5.41) is 5.65. The molecule has 0 aliphatic rings. The molecule has 0 atom stereocenters. The molecule has 0 heterocycles. The number of nitrogens with one attached hydrogen (secondary N) is 2. The molecule has 150 valence electrons. The molecule has 0 aliphatic heterocycles. The molecule has 6 heteroatoms. The predicted octanol–water partition coefficient (Wildman–Crippen LogP) is 4.29. The monoisotopic (exact) mass is 386 g/mol. The van der Waals surface area contributed by atoms with E-state index in [1.54, 1.807) is 36.4 Å². The van der Waals surface area contributed by atoms with Crippen LogP contribution in [0.15, 0.2) is 48.5 Å². The van der Waals surface area contributed by atoms with Gasteiger partial charge in [-0.2, -0.15) is 0 Å². The highest BCUT2D eigenvalue weighted by Gasteiger charge is 2.20. The Kier molecular flexibility index (Phi) is 7.55. The Morgan fingerprint density at radius 2 is 1.79 bits per heavy atom. The number of rotatable bonds is 8. The molecule has 0 saturated carbocycles. The number of benzene rings is 2. The molecular weight excluding hydrogens is 359 g/mol.